The first-order valence-corrected chi connectivity index (χ1v) is 5.95. The Kier molecular flexibility index (Phi) is 4.57. The van der Waals surface area contributed by atoms with Gasteiger partial charge in [-0.05, 0) is 36.4 Å². The van der Waals surface area contributed by atoms with Gasteiger partial charge < -0.3 is 10.0 Å². The molecule has 4 nitrogen and oxygen atoms in total. The Morgan fingerprint density at radius 1 is 1.24 bits per heavy atom. The van der Waals surface area contributed by atoms with E-state index in [2.05, 4.69) is 0 Å². The highest BCUT2D eigenvalue weighted by atomic mass is 32.2. The number of nitrogens with zero attached hydrogens (tertiary/aromatic N) is 1. The molecule has 1 unspecified atom stereocenters. The van der Waals surface area contributed by atoms with Crippen molar-refractivity contribution in [2.45, 2.75) is 17.7 Å². The van der Waals surface area contributed by atoms with Gasteiger partial charge in [-0.3, -0.25) is 9.59 Å². The van der Waals surface area contributed by atoms with Gasteiger partial charge in [0.1, 0.15) is 0 Å². The molecule has 1 N–H and O–H groups in total. The second kappa shape index (κ2) is 5.72. The van der Waals surface area contributed by atoms with Crippen molar-refractivity contribution in [3.8, 4) is 0 Å². The van der Waals surface area contributed by atoms with E-state index in [4.69, 9.17) is 5.11 Å². The topological polar surface area (TPSA) is 57.6 Å². The van der Waals surface area contributed by atoms with E-state index in [9.17, 15) is 9.59 Å². The van der Waals surface area contributed by atoms with E-state index in [0.29, 0.717) is 0 Å². The van der Waals surface area contributed by atoms with Gasteiger partial charge in [0.05, 0.1) is 5.92 Å². The van der Waals surface area contributed by atoms with Gasteiger partial charge in [-0.1, -0.05) is 12.1 Å². The number of carboxylic acid groups (broad SMARTS) is 1. The number of hydrogen-bond acceptors (Lipinski definition) is 3. The third kappa shape index (κ3) is 3.78. The SMILES string of the molecule is CC(C(=O)O)c1ccc(SC(=O)N(C)C)cc1. The molecule has 0 saturated carbocycles. The fraction of sp³-hybridized carbons (Fsp3) is 0.333. The van der Waals surface area contributed by atoms with Gasteiger partial charge in [0, 0.05) is 19.0 Å². The predicted octanol–water partition coefficient (Wildman–Crippen LogP) is 2.65. The van der Waals surface area contributed by atoms with Crippen molar-refractivity contribution in [2.75, 3.05) is 14.1 Å². The van der Waals surface area contributed by atoms with Crippen LogP contribution in [0.5, 0.6) is 0 Å². The van der Waals surface area contributed by atoms with Crippen LogP contribution >= 0.6 is 11.8 Å². The second-order valence-electron chi connectivity index (χ2n) is 3.89. The van der Waals surface area contributed by atoms with Gasteiger partial charge in [-0.25, -0.2) is 0 Å². The van der Waals surface area contributed by atoms with Crippen LogP contribution in [0.4, 0.5) is 4.79 Å². The average molecular weight is 253 g/mol. The standard InChI is InChI=1S/C12H15NO3S/c1-8(11(14)15)9-4-6-10(7-5-9)17-12(16)13(2)3/h4-8H,1-3H3,(H,14,15). The molecule has 0 aromatic heterocycles. The minimum absolute atomic E-state index is 0.0518. The molecule has 0 aliphatic rings. The number of amides is 1. The zero-order valence-electron chi connectivity index (χ0n) is 10.0. The number of carbonyl (C=O) groups excluding carboxylic acids is 1. The first kappa shape index (κ1) is 13.6. The lowest BCUT2D eigenvalue weighted by atomic mass is 10.0. The van der Waals surface area contributed by atoms with Crippen LogP contribution in [0.25, 0.3) is 0 Å². The third-order valence-electron chi connectivity index (χ3n) is 2.32. The Hall–Kier alpha value is -1.49. The third-order valence-corrected chi connectivity index (χ3v) is 3.37. The van der Waals surface area contributed by atoms with Crippen LogP contribution in [0.2, 0.25) is 0 Å². The molecule has 0 radical (unpaired) electrons. The Labute approximate surface area is 105 Å². The molecule has 5 heteroatoms. The fourth-order valence-electron chi connectivity index (χ4n) is 1.16. The summed E-state index contributed by atoms with van der Waals surface area (Å²) in [6.45, 7) is 1.63. The van der Waals surface area contributed by atoms with E-state index in [0.717, 1.165) is 22.2 Å². The molecule has 92 valence electrons. The highest BCUT2D eigenvalue weighted by molar-refractivity contribution is 8.13. The van der Waals surface area contributed by atoms with Crippen LogP contribution < -0.4 is 0 Å². The van der Waals surface area contributed by atoms with Gasteiger partial charge in [0.15, 0.2) is 0 Å². The van der Waals surface area contributed by atoms with Gasteiger partial charge in [0.2, 0.25) is 0 Å². The lowest BCUT2D eigenvalue weighted by Gasteiger charge is -2.10. The van der Waals surface area contributed by atoms with Crippen LogP contribution in [-0.4, -0.2) is 35.3 Å². The van der Waals surface area contributed by atoms with Crippen molar-refractivity contribution in [3.63, 3.8) is 0 Å². The van der Waals surface area contributed by atoms with Crippen molar-refractivity contribution in [1.29, 1.82) is 0 Å². The molecule has 0 saturated heterocycles. The monoisotopic (exact) mass is 253 g/mol. The van der Waals surface area contributed by atoms with Crippen molar-refractivity contribution in [3.05, 3.63) is 29.8 Å². The summed E-state index contributed by atoms with van der Waals surface area (Å²) >= 11 is 1.12. The molecule has 0 bridgehead atoms. The first-order chi connectivity index (χ1) is 7.91. The van der Waals surface area contributed by atoms with Crippen LogP contribution in [0.1, 0.15) is 18.4 Å². The van der Waals surface area contributed by atoms with Crippen LogP contribution in [-0.2, 0) is 4.79 Å². The number of carbonyl (C=O) groups is 2. The van der Waals surface area contributed by atoms with Crippen LogP contribution in [0.15, 0.2) is 29.2 Å². The zero-order chi connectivity index (χ0) is 13.0. The molecule has 0 aliphatic heterocycles. The molecule has 1 atom stereocenters. The van der Waals surface area contributed by atoms with Crippen molar-refractivity contribution in [1.82, 2.24) is 4.90 Å². The van der Waals surface area contributed by atoms with Gasteiger partial charge in [-0.2, -0.15) is 0 Å². The molecule has 1 aromatic carbocycles. The van der Waals surface area contributed by atoms with E-state index in [1.807, 2.05) is 0 Å². The second-order valence-corrected chi connectivity index (χ2v) is 4.92. The maximum Gasteiger partial charge on any atom is 0.310 e. The van der Waals surface area contributed by atoms with Crippen LogP contribution in [0, 0.1) is 0 Å². The Morgan fingerprint density at radius 3 is 2.18 bits per heavy atom. The smallest absolute Gasteiger partial charge is 0.310 e. The summed E-state index contributed by atoms with van der Waals surface area (Å²) in [7, 11) is 3.38. The molecule has 1 aromatic rings. The summed E-state index contributed by atoms with van der Waals surface area (Å²) in [5.74, 6) is -1.38. The van der Waals surface area contributed by atoms with E-state index in [-0.39, 0.29) is 5.24 Å². The number of rotatable bonds is 3. The Balaban J connectivity index is 2.75. The van der Waals surface area contributed by atoms with Crippen molar-refractivity contribution < 1.29 is 14.7 Å². The molecular weight excluding hydrogens is 238 g/mol. The molecule has 0 heterocycles. The number of hydrogen-bond donors (Lipinski definition) is 1. The largest absolute Gasteiger partial charge is 0.481 e. The predicted molar refractivity (Wildman–Crippen MR) is 67.4 cm³/mol. The van der Waals surface area contributed by atoms with Crippen molar-refractivity contribution in [2.24, 2.45) is 0 Å². The summed E-state index contributed by atoms with van der Waals surface area (Å²) in [5, 5.41) is 8.81. The summed E-state index contributed by atoms with van der Waals surface area (Å²) in [5.41, 5.74) is 0.735. The minimum Gasteiger partial charge on any atom is -0.481 e. The lowest BCUT2D eigenvalue weighted by Crippen LogP contribution is -2.16. The highest BCUT2D eigenvalue weighted by Crippen LogP contribution is 2.23. The number of thioether (sulfide) groups is 1. The Morgan fingerprint density at radius 2 is 1.76 bits per heavy atom. The molecule has 0 aliphatic carbocycles. The fourth-order valence-corrected chi connectivity index (χ4v) is 1.82. The molecule has 0 spiro atoms. The minimum atomic E-state index is -0.852. The average Bonchev–Trinajstić information content (AvgIpc) is 2.28. The Bertz CT molecular complexity index is 414. The zero-order valence-corrected chi connectivity index (χ0v) is 10.8. The van der Waals surface area contributed by atoms with E-state index >= 15 is 0 Å². The molecular formula is C12H15NO3S. The molecule has 1 rings (SSSR count). The normalized spacial score (nSPS) is 11.9. The number of carboxylic acids is 1. The maximum absolute atomic E-state index is 11.4. The summed E-state index contributed by atoms with van der Waals surface area (Å²) in [4.78, 5) is 24.5. The summed E-state index contributed by atoms with van der Waals surface area (Å²) in [6.07, 6.45) is 0. The van der Waals surface area contributed by atoms with Crippen LogP contribution in [0.3, 0.4) is 0 Å². The lowest BCUT2D eigenvalue weighted by molar-refractivity contribution is -0.138. The molecule has 0 fully saturated rings. The van der Waals surface area contributed by atoms with Crippen molar-refractivity contribution >= 4 is 23.0 Å². The van der Waals surface area contributed by atoms with Gasteiger partial charge in [0.25, 0.3) is 5.24 Å². The maximum atomic E-state index is 11.4. The van der Waals surface area contributed by atoms with Gasteiger partial charge >= 0.3 is 5.97 Å². The highest BCUT2D eigenvalue weighted by Gasteiger charge is 2.13. The van der Waals surface area contributed by atoms with E-state index < -0.39 is 11.9 Å². The van der Waals surface area contributed by atoms with E-state index in [1.165, 1.54) is 4.90 Å². The number of benzene rings is 1. The number of aliphatic carboxylic acids is 1. The van der Waals surface area contributed by atoms with Gasteiger partial charge in [-0.15, -0.1) is 0 Å². The first-order valence-electron chi connectivity index (χ1n) is 5.13. The molecule has 1 amide bonds. The summed E-state index contributed by atoms with van der Waals surface area (Å²) in [6, 6.07) is 7.01. The van der Waals surface area contributed by atoms with E-state index in [1.54, 1.807) is 45.3 Å². The summed E-state index contributed by atoms with van der Waals surface area (Å²) < 4.78 is 0. The molecule has 17 heavy (non-hydrogen) atoms. The quantitative estimate of drug-likeness (QED) is 0.841.